The second-order valence-electron chi connectivity index (χ2n) is 5.89. The van der Waals surface area contributed by atoms with Gasteiger partial charge in [0.25, 0.3) is 0 Å². The van der Waals surface area contributed by atoms with E-state index in [2.05, 4.69) is 56.5 Å². The van der Waals surface area contributed by atoms with Crippen LogP contribution >= 0.6 is 0 Å². The zero-order valence-electron chi connectivity index (χ0n) is 10.5. The molecule has 2 rings (SSSR count). The lowest BCUT2D eigenvalue weighted by atomic mass is 9.89. The number of fused-ring (bicyclic) bond motifs is 1. The van der Waals surface area contributed by atoms with Crippen molar-refractivity contribution in [3.63, 3.8) is 0 Å². The quantitative estimate of drug-likeness (QED) is 0.633. The van der Waals surface area contributed by atoms with Crippen molar-refractivity contribution < 1.29 is 0 Å². The van der Waals surface area contributed by atoms with Gasteiger partial charge in [-0.15, -0.1) is 0 Å². The van der Waals surface area contributed by atoms with Gasteiger partial charge in [0, 0.05) is 31.0 Å². The van der Waals surface area contributed by atoms with Crippen molar-refractivity contribution in [3.05, 3.63) is 23.5 Å². The molecule has 84 valence electrons. The molecule has 2 nitrogen and oxygen atoms in total. The number of likely N-dealkylation sites (N-methyl/N-ethyl adjacent to an activating group) is 1. The normalized spacial score (nSPS) is 22.9. The van der Waals surface area contributed by atoms with Crippen molar-refractivity contribution in [2.24, 2.45) is 0 Å². The largest absolute Gasteiger partial charge is 0.348 e. The summed E-state index contributed by atoms with van der Waals surface area (Å²) in [6.07, 6.45) is 2.33. The fourth-order valence-corrected chi connectivity index (χ4v) is 2.10. The molecule has 15 heavy (non-hydrogen) atoms. The number of hydrogen-bond donors (Lipinski definition) is 0. The summed E-state index contributed by atoms with van der Waals surface area (Å²) < 4.78 is 2.42. The van der Waals surface area contributed by atoms with E-state index in [1.165, 1.54) is 11.3 Å². The Kier molecular flexibility index (Phi) is 2.42. The summed E-state index contributed by atoms with van der Waals surface area (Å²) in [5.74, 6) is 0. The number of hydrogen-bond acceptors (Lipinski definition) is 1. The third kappa shape index (κ3) is 1.96. The molecule has 0 amide bonds. The maximum Gasteiger partial charge on any atom is 0.0387 e. The molecule has 0 aliphatic carbocycles. The van der Waals surface area contributed by atoms with E-state index < -0.39 is 0 Å². The van der Waals surface area contributed by atoms with Crippen molar-refractivity contribution in [1.82, 2.24) is 9.47 Å². The summed E-state index contributed by atoms with van der Waals surface area (Å²) >= 11 is 0. The first-order valence-corrected chi connectivity index (χ1v) is 5.77. The Hall–Kier alpha value is -0.760. The molecule has 0 bridgehead atoms. The molecule has 0 unspecified atom stereocenters. The predicted octanol–water partition coefficient (Wildman–Crippen LogP) is 2.62. The first-order chi connectivity index (χ1) is 6.88. The second-order valence-corrected chi connectivity index (χ2v) is 5.89. The number of aromatic nitrogens is 1. The Labute approximate surface area is 92.9 Å². The molecule has 2 heteroatoms. The van der Waals surface area contributed by atoms with Gasteiger partial charge in [-0.3, -0.25) is 4.90 Å². The fraction of sp³-hybridized carbons (Fsp3) is 0.692. The highest BCUT2D eigenvalue weighted by atomic mass is 15.2. The monoisotopic (exact) mass is 206 g/mol. The van der Waals surface area contributed by atoms with E-state index in [9.17, 15) is 0 Å². The number of rotatable bonds is 0. The van der Waals surface area contributed by atoms with Gasteiger partial charge in [-0.2, -0.15) is 0 Å². The summed E-state index contributed by atoms with van der Waals surface area (Å²) in [5.41, 5.74) is 3.19. The summed E-state index contributed by atoms with van der Waals surface area (Å²) in [4.78, 5) is 2.42. The summed E-state index contributed by atoms with van der Waals surface area (Å²) in [6, 6.07) is 3.01. The molecule has 0 spiro atoms. The van der Waals surface area contributed by atoms with Crippen LogP contribution in [0.25, 0.3) is 0 Å². The minimum atomic E-state index is 0.270. The molecule has 1 aromatic heterocycles. The van der Waals surface area contributed by atoms with E-state index in [-0.39, 0.29) is 5.41 Å². The van der Waals surface area contributed by atoms with Crippen LogP contribution in [0, 0.1) is 0 Å². The molecule has 0 aromatic carbocycles. The molecule has 0 radical (unpaired) electrons. The SMILES string of the molecule is C[C@H]1Cn2cc(C(C)(C)C)cc2CN1C. The topological polar surface area (TPSA) is 8.17 Å². The molecule has 1 aromatic rings. The molecule has 0 N–H and O–H groups in total. The lowest BCUT2D eigenvalue weighted by molar-refractivity contribution is 0.192. The Morgan fingerprint density at radius 2 is 2.00 bits per heavy atom. The summed E-state index contributed by atoms with van der Waals surface area (Å²) in [5, 5.41) is 0. The lowest BCUT2D eigenvalue weighted by Gasteiger charge is -2.31. The molecule has 0 saturated carbocycles. The summed E-state index contributed by atoms with van der Waals surface area (Å²) in [6.45, 7) is 11.3. The zero-order chi connectivity index (χ0) is 11.2. The van der Waals surface area contributed by atoms with E-state index in [4.69, 9.17) is 0 Å². The van der Waals surface area contributed by atoms with E-state index in [0.717, 1.165) is 13.1 Å². The highest BCUT2D eigenvalue weighted by molar-refractivity contribution is 5.26. The van der Waals surface area contributed by atoms with Gasteiger partial charge >= 0.3 is 0 Å². The van der Waals surface area contributed by atoms with Crippen LogP contribution in [0.1, 0.15) is 39.0 Å². The first kappa shape index (κ1) is 10.7. The van der Waals surface area contributed by atoms with Crippen LogP contribution in [0.2, 0.25) is 0 Å². The van der Waals surface area contributed by atoms with Crippen LogP contribution in [0.4, 0.5) is 0 Å². The molecule has 1 atom stereocenters. The molecule has 0 fully saturated rings. The van der Waals surface area contributed by atoms with Crippen LogP contribution in [0.3, 0.4) is 0 Å². The zero-order valence-corrected chi connectivity index (χ0v) is 10.5. The van der Waals surface area contributed by atoms with E-state index in [1.807, 2.05) is 0 Å². The van der Waals surface area contributed by atoms with Gasteiger partial charge in [0.1, 0.15) is 0 Å². The highest BCUT2D eigenvalue weighted by Crippen LogP contribution is 2.27. The van der Waals surface area contributed by atoms with Gasteiger partial charge in [0.15, 0.2) is 0 Å². The molecule has 2 heterocycles. The average molecular weight is 206 g/mol. The predicted molar refractivity (Wildman–Crippen MR) is 64.1 cm³/mol. The van der Waals surface area contributed by atoms with Crippen LogP contribution in [0.5, 0.6) is 0 Å². The lowest BCUT2D eigenvalue weighted by Crippen LogP contribution is -2.37. The first-order valence-electron chi connectivity index (χ1n) is 5.77. The van der Waals surface area contributed by atoms with Gasteiger partial charge in [-0.1, -0.05) is 20.8 Å². The highest BCUT2D eigenvalue weighted by Gasteiger charge is 2.23. The maximum atomic E-state index is 2.42. The molecule has 1 aliphatic heterocycles. The van der Waals surface area contributed by atoms with Crippen LogP contribution in [0.15, 0.2) is 12.3 Å². The second kappa shape index (κ2) is 3.38. The van der Waals surface area contributed by atoms with Crippen molar-refractivity contribution in [2.45, 2.75) is 52.2 Å². The van der Waals surface area contributed by atoms with E-state index in [0.29, 0.717) is 6.04 Å². The Morgan fingerprint density at radius 1 is 1.33 bits per heavy atom. The molecular weight excluding hydrogens is 184 g/mol. The van der Waals surface area contributed by atoms with Crippen LogP contribution in [-0.4, -0.2) is 22.6 Å². The van der Waals surface area contributed by atoms with E-state index >= 15 is 0 Å². The Morgan fingerprint density at radius 3 is 2.60 bits per heavy atom. The Balaban J connectivity index is 2.33. The van der Waals surface area contributed by atoms with Gasteiger partial charge in [-0.05, 0) is 31.0 Å². The Bertz CT molecular complexity index is 330. The minimum absolute atomic E-state index is 0.270. The van der Waals surface area contributed by atoms with Crippen molar-refractivity contribution in [3.8, 4) is 0 Å². The average Bonchev–Trinajstić information content (AvgIpc) is 2.47. The van der Waals surface area contributed by atoms with Gasteiger partial charge < -0.3 is 4.57 Å². The third-order valence-electron chi connectivity index (χ3n) is 3.48. The van der Waals surface area contributed by atoms with Gasteiger partial charge in [0.05, 0.1) is 0 Å². The van der Waals surface area contributed by atoms with Crippen LogP contribution < -0.4 is 0 Å². The minimum Gasteiger partial charge on any atom is -0.348 e. The molecule has 1 aliphatic rings. The number of nitrogens with zero attached hydrogens (tertiary/aromatic N) is 2. The maximum absolute atomic E-state index is 2.42. The van der Waals surface area contributed by atoms with Crippen molar-refractivity contribution >= 4 is 0 Å². The van der Waals surface area contributed by atoms with Crippen LogP contribution in [-0.2, 0) is 18.5 Å². The van der Waals surface area contributed by atoms with Gasteiger partial charge in [0.2, 0.25) is 0 Å². The standard InChI is InChI=1S/C13H22N2/c1-10-7-15-8-11(13(2,3)4)6-12(15)9-14(10)5/h6,8,10H,7,9H2,1-5H3/t10-/m0/s1. The molecule has 0 saturated heterocycles. The smallest absolute Gasteiger partial charge is 0.0387 e. The third-order valence-corrected chi connectivity index (χ3v) is 3.48. The van der Waals surface area contributed by atoms with Crippen molar-refractivity contribution in [2.75, 3.05) is 7.05 Å². The molecular formula is C13H22N2. The van der Waals surface area contributed by atoms with E-state index in [1.54, 1.807) is 0 Å². The van der Waals surface area contributed by atoms with Crippen molar-refractivity contribution in [1.29, 1.82) is 0 Å². The summed E-state index contributed by atoms with van der Waals surface area (Å²) in [7, 11) is 2.21. The van der Waals surface area contributed by atoms with Gasteiger partial charge in [-0.25, -0.2) is 0 Å². The fourth-order valence-electron chi connectivity index (χ4n) is 2.10.